The Bertz CT molecular complexity index is 913. The summed E-state index contributed by atoms with van der Waals surface area (Å²) in [5, 5.41) is 12.5. The van der Waals surface area contributed by atoms with E-state index in [4.69, 9.17) is 11.6 Å². The quantitative estimate of drug-likeness (QED) is 0.612. The van der Waals surface area contributed by atoms with Crippen LogP contribution in [-0.4, -0.2) is 9.13 Å². The zero-order chi connectivity index (χ0) is 17.7. The van der Waals surface area contributed by atoms with Gasteiger partial charge in [-0.2, -0.15) is 0 Å². The first-order valence-corrected chi connectivity index (χ1v) is 6.95. The maximum atomic E-state index is 13.5. The summed E-state index contributed by atoms with van der Waals surface area (Å²) >= 11 is 5.88. The van der Waals surface area contributed by atoms with Crippen molar-refractivity contribution in [1.29, 1.82) is 0 Å². The average molecular weight is 346 g/mol. The third kappa shape index (κ3) is 2.74. The first-order chi connectivity index (χ1) is 10.5. The van der Waals surface area contributed by atoms with Gasteiger partial charge in [-0.15, -0.1) is 4.57 Å². The molecule has 0 radical (unpaired) electrons. The molecule has 0 N–H and O–H groups in total. The highest BCUT2D eigenvalue weighted by atomic mass is 35.5. The average Bonchev–Trinajstić information content (AvgIpc) is 2.42. The fraction of sp³-hybridized carbons (Fsp3) is 0.357. The van der Waals surface area contributed by atoms with Crippen molar-refractivity contribution >= 4 is 11.6 Å². The molecule has 0 amide bonds. The number of aryl methyl sites for hydroxylation is 1. The van der Waals surface area contributed by atoms with E-state index in [1.54, 1.807) is 0 Å². The summed E-state index contributed by atoms with van der Waals surface area (Å²) in [6.07, 6.45) is 0. The highest BCUT2D eigenvalue weighted by molar-refractivity contribution is 6.31. The van der Waals surface area contributed by atoms with Gasteiger partial charge in [0.2, 0.25) is 0 Å². The topological polar surface area (TPSA) is 70.9 Å². The number of aromatic nitrogens is 3. The normalized spacial score (nSPS) is 11.8. The lowest BCUT2D eigenvalue weighted by molar-refractivity contribution is -0.607. The van der Waals surface area contributed by atoms with Crippen LogP contribution in [0.2, 0.25) is 5.02 Å². The molecule has 0 aromatic carbocycles. The summed E-state index contributed by atoms with van der Waals surface area (Å²) in [5.41, 5.74) is -2.43. The number of nitrogens with zero attached hydrogens (tertiary/aromatic N) is 3. The summed E-state index contributed by atoms with van der Waals surface area (Å²) in [7, 11) is 1.11. The Morgan fingerprint density at radius 2 is 1.83 bits per heavy atom. The molecule has 0 unspecified atom stereocenters. The Balaban J connectivity index is 2.94. The first kappa shape index (κ1) is 17.1. The summed E-state index contributed by atoms with van der Waals surface area (Å²) in [4.78, 5) is 24.6. The number of alkyl halides is 2. The summed E-state index contributed by atoms with van der Waals surface area (Å²) < 4.78 is 28.5. The van der Waals surface area contributed by atoms with E-state index < -0.39 is 22.9 Å². The van der Waals surface area contributed by atoms with E-state index in [0.29, 0.717) is 26.9 Å². The Hall–Kier alpha value is -2.22. The zero-order valence-corrected chi connectivity index (χ0v) is 13.6. The van der Waals surface area contributed by atoms with Crippen LogP contribution in [-0.2, 0) is 13.0 Å². The molecule has 0 bridgehead atoms. The van der Waals surface area contributed by atoms with E-state index in [1.165, 1.54) is 19.9 Å². The molecule has 6 nitrogen and oxygen atoms in total. The van der Waals surface area contributed by atoms with Crippen LogP contribution in [0.5, 0.6) is 0 Å². The van der Waals surface area contributed by atoms with Crippen LogP contribution in [0.25, 0.3) is 5.82 Å². The molecule has 0 atom stereocenters. The highest BCUT2D eigenvalue weighted by Crippen LogP contribution is 2.24. The van der Waals surface area contributed by atoms with Gasteiger partial charge in [0.25, 0.3) is 11.7 Å². The monoisotopic (exact) mass is 345 g/mol. The molecule has 124 valence electrons. The van der Waals surface area contributed by atoms with Crippen LogP contribution in [0.1, 0.15) is 23.9 Å². The van der Waals surface area contributed by atoms with Crippen molar-refractivity contribution in [2.75, 3.05) is 0 Å². The highest BCUT2D eigenvalue weighted by Gasteiger charge is 2.32. The van der Waals surface area contributed by atoms with E-state index in [1.807, 2.05) is 0 Å². The molecular formula is C14H14ClF2N3O3. The van der Waals surface area contributed by atoms with Crippen molar-refractivity contribution < 1.29 is 13.5 Å². The molecule has 2 aromatic rings. The van der Waals surface area contributed by atoms with E-state index >= 15 is 0 Å². The molecule has 2 aromatic heterocycles. The van der Waals surface area contributed by atoms with Crippen molar-refractivity contribution in [3.05, 3.63) is 60.2 Å². The predicted octanol–water partition coefficient (Wildman–Crippen LogP) is 1.55. The number of pyridine rings is 1. The standard InChI is InChI=1S/C14H14ClF2N3O3/c1-7-5-9(15)8(2)20(23)12(7)19-11(21)6-10(14(3,16)17)18(4)13(19)22/h5-6H,1-4H3. The smallest absolute Gasteiger partial charge is 0.423 e. The van der Waals surface area contributed by atoms with Gasteiger partial charge in [0.1, 0.15) is 11.4 Å². The summed E-state index contributed by atoms with van der Waals surface area (Å²) in [6, 6.07) is 2.07. The number of halogens is 3. The second-order valence-corrected chi connectivity index (χ2v) is 5.72. The Morgan fingerprint density at radius 3 is 2.35 bits per heavy atom. The second-order valence-electron chi connectivity index (χ2n) is 5.31. The molecule has 0 fully saturated rings. The SMILES string of the molecule is Cc1cc(Cl)c(C)[n+]([O-])c1-n1c(=O)cc(C(C)(F)F)n(C)c1=O. The molecular weight excluding hydrogens is 332 g/mol. The van der Waals surface area contributed by atoms with Gasteiger partial charge >= 0.3 is 11.2 Å². The van der Waals surface area contributed by atoms with Gasteiger partial charge in [0.15, 0.2) is 0 Å². The van der Waals surface area contributed by atoms with Gasteiger partial charge in [0.05, 0.1) is 11.1 Å². The molecule has 9 heteroatoms. The maximum Gasteiger partial charge on any atom is 0.423 e. The molecule has 23 heavy (non-hydrogen) atoms. The van der Waals surface area contributed by atoms with E-state index in [-0.39, 0.29) is 22.1 Å². The van der Waals surface area contributed by atoms with Crippen LogP contribution in [0.15, 0.2) is 21.7 Å². The van der Waals surface area contributed by atoms with Gasteiger partial charge < -0.3 is 5.21 Å². The second kappa shape index (κ2) is 5.45. The number of hydrogen-bond acceptors (Lipinski definition) is 3. The van der Waals surface area contributed by atoms with Crippen LogP contribution in [0.4, 0.5) is 8.78 Å². The fourth-order valence-corrected chi connectivity index (χ4v) is 2.52. The zero-order valence-electron chi connectivity index (χ0n) is 12.9. The summed E-state index contributed by atoms with van der Waals surface area (Å²) in [5.74, 6) is -3.63. The molecule has 0 saturated carbocycles. The lowest BCUT2D eigenvalue weighted by atomic mass is 10.2. The van der Waals surface area contributed by atoms with Crippen molar-refractivity contribution in [3.63, 3.8) is 0 Å². The molecule has 0 saturated heterocycles. The molecule has 0 aliphatic rings. The van der Waals surface area contributed by atoms with Gasteiger partial charge in [-0.1, -0.05) is 11.6 Å². The Labute approximate surface area is 134 Å². The van der Waals surface area contributed by atoms with Crippen molar-refractivity contribution in [1.82, 2.24) is 9.13 Å². The van der Waals surface area contributed by atoms with Crippen molar-refractivity contribution in [2.45, 2.75) is 26.7 Å². The van der Waals surface area contributed by atoms with Gasteiger partial charge in [-0.05, 0) is 19.9 Å². The van der Waals surface area contributed by atoms with Gasteiger partial charge in [-0.3, -0.25) is 4.57 Å². The van der Waals surface area contributed by atoms with Crippen LogP contribution in [0.3, 0.4) is 0 Å². The predicted molar refractivity (Wildman–Crippen MR) is 80.3 cm³/mol. The number of rotatable bonds is 2. The minimum atomic E-state index is -3.37. The summed E-state index contributed by atoms with van der Waals surface area (Å²) in [6.45, 7) is 3.49. The Morgan fingerprint density at radius 1 is 1.26 bits per heavy atom. The van der Waals surface area contributed by atoms with E-state index in [9.17, 15) is 23.6 Å². The molecule has 2 heterocycles. The van der Waals surface area contributed by atoms with Gasteiger partial charge in [0, 0.05) is 19.5 Å². The molecule has 2 rings (SSSR count). The third-order valence-corrected chi connectivity index (χ3v) is 3.90. The minimum absolute atomic E-state index is 0.0890. The van der Waals surface area contributed by atoms with E-state index in [2.05, 4.69) is 0 Å². The largest absolute Gasteiger partial charge is 0.710 e. The van der Waals surface area contributed by atoms with Crippen LogP contribution in [0, 0.1) is 19.1 Å². The Kier molecular flexibility index (Phi) is 4.06. The van der Waals surface area contributed by atoms with Gasteiger partial charge in [-0.25, -0.2) is 23.1 Å². The van der Waals surface area contributed by atoms with E-state index in [0.717, 1.165) is 7.05 Å². The third-order valence-electron chi connectivity index (χ3n) is 3.52. The molecule has 0 aliphatic heterocycles. The maximum absolute atomic E-state index is 13.5. The lowest BCUT2D eigenvalue weighted by Crippen LogP contribution is -2.48. The minimum Gasteiger partial charge on any atom is -0.710 e. The van der Waals surface area contributed by atoms with Crippen molar-refractivity contribution in [2.24, 2.45) is 7.05 Å². The van der Waals surface area contributed by atoms with Crippen LogP contribution < -0.4 is 16.0 Å². The molecule has 0 aliphatic carbocycles. The molecule has 0 spiro atoms. The first-order valence-electron chi connectivity index (χ1n) is 6.57. The fourth-order valence-electron chi connectivity index (χ4n) is 2.28. The number of hydrogen-bond donors (Lipinski definition) is 0. The lowest BCUT2D eigenvalue weighted by Gasteiger charge is -2.17. The van der Waals surface area contributed by atoms with Crippen LogP contribution >= 0.6 is 11.6 Å². The van der Waals surface area contributed by atoms with Crippen molar-refractivity contribution in [3.8, 4) is 5.82 Å².